The van der Waals surface area contributed by atoms with Crippen LogP contribution in [0, 0.1) is 0 Å². The number of fused-ring (bicyclic) bond motifs is 6. The van der Waals surface area contributed by atoms with Crippen molar-refractivity contribution in [3.05, 3.63) is 188 Å². The van der Waals surface area contributed by atoms with Gasteiger partial charge in [0.1, 0.15) is 0 Å². The van der Waals surface area contributed by atoms with Crippen molar-refractivity contribution in [3.63, 3.8) is 0 Å². The zero-order chi connectivity index (χ0) is 32.6. The molecule has 0 heterocycles. The fourth-order valence-electron chi connectivity index (χ4n) is 7.42. The van der Waals surface area contributed by atoms with Crippen LogP contribution >= 0.6 is 0 Å². The summed E-state index contributed by atoms with van der Waals surface area (Å²) in [6.45, 7) is 10.7. The summed E-state index contributed by atoms with van der Waals surface area (Å²) in [6, 6.07) is 51.3. The summed E-state index contributed by atoms with van der Waals surface area (Å²) < 4.78 is 0. The first-order valence-corrected chi connectivity index (χ1v) is 16.7. The standard InChI is InChI=1S/C48H36/c1-4-15-32(2)16-13-17-33(3)35-28-29-44-46(30-35)47(41-27-14-20-34-18-5-7-21-37(34)41)42-25-11-12-26-43(42)48(44)45-31-36-19-6-8-22-38(36)39-23-9-10-24-40(39)45/h4-15,17-31H,2-3,16H2,1H3/b15-4-,17-13-. The van der Waals surface area contributed by atoms with E-state index in [0.29, 0.717) is 0 Å². The molecule has 0 aliphatic carbocycles. The van der Waals surface area contributed by atoms with Gasteiger partial charge in [-0.15, -0.1) is 0 Å². The third-order valence-corrected chi connectivity index (χ3v) is 9.59. The highest BCUT2D eigenvalue weighted by Gasteiger charge is 2.20. The van der Waals surface area contributed by atoms with Crippen molar-refractivity contribution >= 4 is 59.4 Å². The molecular weight excluding hydrogens is 577 g/mol. The normalized spacial score (nSPS) is 11.9. The van der Waals surface area contributed by atoms with Crippen LogP contribution in [0.25, 0.3) is 81.7 Å². The van der Waals surface area contributed by atoms with Crippen LogP contribution in [0.2, 0.25) is 0 Å². The Labute approximate surface area is 282 Å². The Kier molecular flexibility index (Phi) is 7.55. The molecule has 0 bridgehead atoms. The molecule has 0 saturated carbocycles. The van der Waals surface area contributed by atoms with Crippen molar-refractivity contribution in [1.82, 2.24) is 0 Å². The molecule has 0 atom stereocenters. The van der Waals surface area contributed by atoms with E-state index in [-0.39, 0.29) is 0 Å². The Morgan fingerprint density at radius 3 is 1.81 bits per heavy atom. The van der Waals surface area contributed by atoms with Gasteiger partial charge in [0.2, 0.25) is 0 Å². The first-order chi connectivity index (χ1) is 23.6. The molecule has 0 heteroatoms. The number of hydrogen-bond donors (Lipinski definition) is 0. The van der Waals surface area contributed by atoms with E-state index in [1.165, 1.54) is 76.1 Å². The van der Waals surface area contributed by atoms with E-state index >= 15 is 0 Å². The van der Waals surface area contributed by atoms with Crippen molar-refractivity contribution < 1.29 is 0 Å². The second-order valence-corrected chi connectivity index (χ2v) is 12.6. The molecule has 8 aromatic carbocycles. The molecule has 48 heavy (non-hydrogen) atoms. The minimum Gasteiger partial charge on any atom is -0.0955 e. The largest absolute Gasteiger partial charge is 0.0955 e. The van der Waals surface area contributed by atoms with E-state index in [4.69, 9.17) is 0 Å². The van der Waals surface area contributed by atoms with Crippen LogP contribution in [0.4, 0.5) is 0 Å². The van der Waals surface area contributed by atoms with Gasteiger partial charge in [-0.2, -0.15) is 0 Å². The lowest BCUT2D eigenvalue weighted by atomic mass is 9.82. The maximum absolute atomic E-state index is 4.51. The molecule has 0 unspecified atom stereocenters. The molecule has 8 rings (SSSR count). The fourth-order valence-corrected chi connectivity index (χ4v) is 7.42. The second-order valence-electron chi connectivity index (χ2n) is 12.6. The van der Waals surface area contributed by atoms with Crippen LogP contribution in [0.5, 0.6) is 0 Å². The van der Waals surface area contributed by atoms with Crippen LogP contribution in [-0.2, 0) is 0 Å². The van der Waals surface area contributed by atoms with Gasteiger partial charge in [0, 0.05) is 0 Å². The molecule has 0 radical (unpaired) electrons. The third kappa shape index (κ3) is 5.03. The zero-order valence-corrected chi connectivity index (χ0v) is 27.2. The predicted molar refractivity (Wildman–Crippen MR) is 212 cm³/mol. The molecule has 228 valence electrons. The van der Waals surface area contributed by atoms with Gasteiger partial charge in [-0.05, 0) is 113 Å². The van der Waals surface area contributed by atoms with E-state index in [1.54, 1.807) is 0 Å². The van der Waals surface area contributed by atoms with Gasteiger partial charge in [-0.3, -0.25) is 0 Å². The zero-order valence-electron chi connectivity index (χ0n) is 27.2. The monoisotopic (exact) mass is 612 g/mol. The summed E-state index contributed by atoms with van der Waals surface area (Å²) in [4.78, 5) is 0. The summed E-state index contributed by atoms with van der Waals surface area (Å²) in [5.41, 5.74) is 8.20. The molecule has 0 spiro atoms. The van der Waals surface area contributed by atoms with Crippen molar-refractivity contribution in [2.75, 3.05) is 0 Å². The number of hydrogen-bond acceptors (Lipinski definition) is 0. The van der Waals surface area contributed by atoms with Crippen molar-refractivity contribution in [2.45, 2.75) is 13.3 Å². The topological polar surface area (TPSA) is 0 Å². The Bertz CT molecular complexity index is 2620. The van der Waals surface area contributed by atoms with Gasteiger partial charge in [0.15, 0.2) is 0 Å². The maximum Gasteiger partial charge on any atom is -0.00199 e. The summed E-state index contributed by atoms with van der Waals surface area (Å²) in [5, 5.41) is 12.5. The minimum absolute atomic E-state index is 0.794. The maximum atomic E-state index is 4.51. The number of allylic oxidation sites excluding steroid dienone is 6. The second kappa shape index (κ2) is 12.3. The molecule has 0 fully saturated rings. The fraction of sp³-hybridized carbons (Fsp3) is 0.0417. The van der Waals surface area contributed by atoms with Crippen LogP contribution < -0.4 is 0 Å². The SMILES string of the molecule is C=C(/C=C\C)C/C=C\C(=C)c1ccc2c(-c3cc4ccccc4c4ccccc34)c3ccccc3c(-c3cccc4ccccc34)c2c1. The number of benzene rings is 8. The summed E-state index contributed by atoms with van der Waals surface area (Å²) in [5.74, 6) is 0. The molecular formula is C48H36. The number of rotatable bonds is 7. The first-order valence-electron chi connectivity index (χ1n) is 16.7. The highest BCUT2D eigenvalue weighted by Crippen LogP contribution is 2.48. The predicted octanol–water partition coefficient (Wildman–Crippen LogP) is 13.9. The Morgan fingerprint density at radius 1 is 0.479 bits per heavy atom. The molecule has 0 nitrogen and oxygen atoms in total. The highest BCUT2D eigenvalue weighted by atomic mass is 14.2. The van der Waals surface area contributed by atoms with Gasteiger partial charge in [0.05, 0.1) is 0 Å². The average Bonchev–Trinajstić information content (AvgIpc) is 3.13. The molecule has 8 aromatic rings. The van der Waals surface area contributed by atoms with Crippen LogP contribution in [-0.4, -0.2) is 0 Å². The minimum atomic E-state index is 0.794. The molecule has 0 aliphatic rings. The quantitative estimate of drug-likeness (QED) is 0.0954. The van der Waals surface area contributed by atoms with Gasteiger partial charge < -0.3 is 0 Å². The van der Waals surface area contributed by atoms with Crippen LogP contribution in [0.3, 0.4) is 0 Å². The Morgan fingerprint density at radius 2 is 1.06 bits per heavy atom. The van der Waals surface area contributed by atoms with Crippen LogP contribution in [0.15, 0.2) is 183 Å². The van der Waals surface area contributed by atoms with Gasteiger partial charge in [0.25, 0.3) is 0 Å². The van der Waals surface area contributed by atoms with Crippen molar-refractivity contribution in [3.8, 4) is 22.3 Å². The van der Waals surface area contributed by atoms with Crippen molar-refractivity contribution in [1.29, 1.82) is 0 Å². The molecule has 0 N–H and O–H groups in total. The summed E-state index contributed by atoms with van der Waals surface area (Å²) in [7, 11) is 0. The summed E-state index contributed by atoms with van der Waals surface area (Å²) >= 11 is 0. The van der Waals surface area contributed by atoms with E-state index in [2.05, 4.69) is 171 Å². The Hall–Kier alpha value is -5.98. The van der Waals surface area contributed by atoms with E-state index in [1.807, 2.05) is 13.0 Å². The molecule has 0 aliphatic heterocycles. The van der Waals surface area contributed by atoms with Crippen molar-refractivity contribution in [2.24, 2.45) is 0 Å². The lowest BCUT2D eigenvalue weighted by Gasteiger charge is -2.21. The van der Waals surface area contributed by atoms with E-state index < -0.39 is 0 Å². The summed E-state index contributed by atoms with van der Waals surface area (Å²) in [6.07, 6.45) is 9.17. The van der Waals surface area contributed by atoms with Gasteiger partial charge in [-0.25, -0.2) is 0 Å². The Balaban J connectivity index is 1.48. The van der Waals surface area contributed by atoms with E-state index in [0.717, 1.165) is 23.1 Å². The first kappa shape index (κ1) is 29.4. The molecule has 0 aromatic heterocycles. The third-order valence-electron chi connectivity index (χ3n) is 9.59. The highest BCUT2D eigenvalue weighted by molar-refractivity contribution is 6.27. The van der Waals surface area contributed by atoms with Crippen LogP contribution in [0.1, 0.15) is 18.9 Å². The smallest absolute Gasteiger partial charge is 0.00199 e. The van der Waals surface area contributed by atoms with Gasteiger partial charge >= 0.3 is 0 Å². The van der Waals surface area contributed by atoms with Gasteiger partial charge in [-0.1, -0.05) is 170 Å². The molecule has 0 saturated heterocycles. The average molecular weight is 613 g/mol. The molecule has 0 amide bonds. The van der Waals surface area contributed by atoms with E-state index in [9.17, 15) is 0 Å². The lowest BCUT2D eigenvalue weighted by Crippen LogP contribution is -1.94. The lowest BCUT2D eigenvalue weighted by molar-refractivity contribution is 1.30.